The fourth-order valence-corrected chi connectivity index (χ4v) is 2.68. The molecule has 0 radical (unpaired) electrons. The smallest absolute Gasteiger partial charge is 0.278 e. The Bertz CT molecular complexity index is 641. The normalized spacial score (nSPS) is 10.6. The van der Waals surface area contributed by atoms with Gasteiger partial charge < -0.3 is 11.1 Å². The summed E-state index contributed by atoms with van der Waals surface area (Å²) in [6.07, 6.45) is 1.69. The van der Waals surface area contributed by atoms with Crippen molar-refractivity contribution in [3.05, 3.63) is 38.2 Å². The SMILES string of the molecule is CCCc1[nH]nc(C(=O)Nc2ccc(I)cc2Cl)c1N. The third kappa shape index (κ3) is 3.24. The van der Waals surface area contributed by atoms with Crippen LogP contribution in [0.25, 0.3) is 0 Å². The van der Waals surface area contributed by atoms with Crippen molar-refractivity contribution < 1.29 is 4.79 Å². The average Bonchev–Trinajstić information content (AvgIpc) is 2.75. The van der Waals surface area contributed by atoms with Crippen LogP contribution in [0.3, 0.4) is 0 Å². The Balaban J connectivity index is 2.20. The van der Waals surface area contributed by atoms with E-state index in [1.807, 2.05) is 13.0 Å². The number of carbonyl (C=O) groups excluding carboxylic acids is 1. The van der Waals surface area contributed by atoms with Crippen LogP contribution in [0.15, 0.2) is 18.2 Å². The summed E-state index contributed by atoms with van der Waals surface area (Å²) < 4.78 is 0.995. The minimum absolute atomic E-state index is 0.197. The largest absolute Gasteiger partial charge is 0.395 e. The molecule has 0 spiro atoms. The number of carbonyl (C=O) groups is 1. The number of H-pyrrole nitrogens is 1. The number of nitrogens with zero attached hydrogens (tertiary/aromatic N) is 1. The molecule has 0 bridgehead atoms. The van der Waals surface area contributed by atoms with Crippen LogP contribution in [0.1, 0.15) is 29.5 Å². The minimum Gasteiger partial charge on any atom is -0.395 e. The molecule has 0 aliphatic rings. The number of rotatable bonds is 4. The van der Waals surface area contributed by atoms with E-state index >= 15 is 0 Å². The van der Waals surface area contributed by atoms with Crippen LogP contribution in [-0.4, -0.2) is 16.1 Å². The van der Waals surface area contributed by atoms with Gasteiger partial charge >= 0.3 is 0 Å². The molecule has 4 N–H and O–H groups in total. The highest BCUT2D eigenvalue weighted by atomic mass is 127. The molecule has 7 heteroatoms. The van der Waals surface area contributed by atoms with E-state index in [1.165, 1.54) is 0 Å². The second-order valence-electron chi connectivity index (χ2n) is 4.29. The summed E-state index contributed by atoms with van der Waals surface area (Å²) in [5.74, 6) is -0.371. The number of hydrogen-bond acceptors (Lipinski definition) is 3. The second-order valence-corrected chi connectivity index (χ2v) is 5.95. The van der Waals surface area contributed by atoms with Gasteiger partial charge in [-0.1, -0.05) is 24.9 Å². The van der Waals surface area contributed by atoms with Gasteiger partial charge in [-0.25, -0.2) is 0 Å². The highest BCUT2D eigenvalue weighted by molar-refractivity contribution is 14.1. The van der Waals surface area contributed by atoms with E-state index in [4.69, 9.17) is 17.3 Å². The Morgan fingerprint density at radius 2 is 2.30 bits per heavy atom. The number of benzene rings is 1. The number of aromatic amines is 1. The number of aryl methyl sites for hydroxylation is 1. The van der Waals surface area contributed by atoms with E-state index in [0.29, 0.717) is 16.4 Å². The van der Waals surface area contributed by atoms with Crippen LogP contribution >= 0.6 is 34.2 Å². The van der Waals surface area contributed by atoms with Crippen LogP contribution in [0, 0.1) is 3.57 Å². The predicted molar refractivity (Wildman–Crippen MR) is 89.1 cm³/mol. The molecule has 1 aromatic carbocycles. The number of amides is 1. The van der Waals surface area contributed by atoms with Gasteiger partial charge in [0.1, 0.15) is 0 Å². The van der Waals surface area contributed by atoms with Crippen molar-refractivity contribution in [3.63, 3.8) is 0 Å². The van der Waals surface area contributed by atoms with Gasteiger partial charge in [-0.05, 0) is 47.2 Å². The Morgan fingerprint density at radius 3 is 2.95 bits per heavy atom. The molecule has 0 saturated heterocycles. The lowest BCUT2D eigenvalue weighted by atomic mass is 10.2. The Hall–Kier alpha value is -1.28. The van der Waals surface area contributed by atoms with E-state index in [0.717, 1.165) is 22.1 Å². The summed E-state index contributed by atoms with van der Waals surface area (Å²) in [5, 5.41) is 9.96. The number of aromatic nitrogens is 2. The zero-order chi connectivity index (χ0) is 14.7. The molecule has 20 heavy (non-hydrogen) atoms. The monoisotopic (exact) mass is 404 g/mol. The van der Waals surface area contributed by atoms with E-state index in [2.05, 4.69) is 38.1 Å². The summed E-state index contributed by atoms with van der Waals surface area (Å²) in [4.78, 5) is 12.2. The van der Waals surface area contributed by atoms with Crippen LogP contribution in [0.2, 0.25) is 5.02 Å². The standard InChI is InChI=1S/C13H14ClIN4O/c1-2-3-10-11(16)12(19-18-10)13(20)17-9-5-4-7(15)6-8(9)14/h4-6H,2-3,16H2,1H3,(H,17,20)(H,18,19). The van der Waals surface area contributed by atoms with Crippen LogP contribution in [-0.2, 0) is 6.42 Å². The third-order valence-electron chi connectivity index (χ3n) is 2.78. The van der Waals surface area contributed by atoms with Crippen molar-refractivity contribution in [1.29, 1.82) is 0 Å². The molecule has 0 unspecified atom stereocenters. The number of hydrogen-bond donors (Lipinski definition) is 3. The first-order chi connectivity index (χ1) is 9.52. The van der Waals surface area contributed by atoms with Gasteiger partial charge in [0.25, 0.3) is 5.91 Å². The highest BCUT2D eigenvalue weighted by Crippen LogP contribution is 2.25. The second kappa shape index (κ2) is 6.45. The molecule has 106 valence electrons. The molecule has 5 nitrogen and oxygen atoms in total. The summed E-state index contributed by atoms with van der Waals surface area (Å²) in [6, 6.07) is 5.38. The van der Waals surface area contributed by atoms with Gasteiger partial charge in [-0.2, -0.15) is 5.10 Å². The van der Waals surface area contributed by atoms with E-state index in [-0.39, 0.29) is 11.6 Å². The van der Waals surface area contributed by atoms with Gasteiger partial charge in [0, 0.05) is 3.57 Å². The lowest BCUT2D eigenvalue weighted by Crippen LogP contribution is -2.14. The molecular weight excluding hydrogens is 391 g/mol. The molecular formula is C13H14ClIN4O. The van der Waals surface area contributed by atoms with E-state index < -0.39 is 0 Å². The van der Waals surface area contributed by atoms with Crippen LogP contribution < -0.4 is 11.1 Å². The van der Waals surface area contributed by atoms with Crippen molar-refractivity contribution in [2.45, 2.75) is 19.8 Å². The summed E-state index contributed by atoms with van der Waals surface area (Å²) in [6.45, 7) is 2.03. The first kappa shape index (κ1) is 15.1. The predicted octanol–water partition coefficient (Wildman–Crippen LogP) is 3.45. The summed E-state index contributed by atoms with van der Waals surface area (Å²) in [7, 11) is 0. The van der Waals surface area contributed by atoms with E-state index in [9.17, 15) is 4.79 Å². The van der Waals surface area contributed by atoms with Crippen LogP contribution in [0.4, 0.5) is 11.4 Å². The van der Waals surface area contributed by atoms with Gasteiger partial charge in [0.05, 0.1) is 22.1 Å². The number of nitrogens with one attached hydrogen (secondary N) is 2. The summed E-state index contributed by atoms with van der Waals surface area (Å²) >= 11 is 8.23. The van der Waals surface area contributed by atoms with Crippen molar-refractivity contribution in [2.75, 3.05) is 11.1 Å². The lowest BCUT2D eigenvalue weighted by Gasteiger charge is -2.06. The van der Waals surface area contributed by atoms with Gasteiger partial charge in [0.2, 0.25) is 0 Å². The Labute approximate surface area is 135 Å². The molecule has 2 aromatic rings. The quantitative estimate of drug-likeness (QED) is 0.682. The minimum atomic E-state index is -0.371. The summed E-state index contributed by atoms with van der Waals surface area (Å²) in [5.41, 5.74) is 7.83. The first-order valence-corrected chi connectivity index (χ1v) is 7.57. The zero-order valence-electron chi connectivity index (χ0n) is 10.8. The molecule has 2 rings (SSSR count). The molecule has 0 fully saturated rings. The third-order valence-corrected chi connectivity index (χ3v) is 3.76. The maximum Gasteiger partial charge on any atom is 0.278 e. The van der Waals surface area contributed by atoms with E-state index in [1.54, 1.807) is 12.1 Å². The Kier molecular flexibility index (Phi) is 4.87. The number of nitrogens with two attached hydrogens (primary N) is 1. The molecule has 0 atom stereocenters. The average molecular weight is 405 g/mol. The molecule has 1 amide bonds. The van der Waals surface area contributed by atoms with Crippen molar-refractivity contribution in [3.8, 4) is 0 Å². The van der Waals surface area contributed by atoms with Gasteiger partial charge in [-0.3, -0.25) is 9.89 Å². The van der Waals surface area contributed by atoms with Crippen molar-refractivity contribution in [2.24, 2.45) is 0 Å². The Morgan fingerprint density at radius 1 is 1.55 bits per heavy atom. The molecule has 0 aliphatic heterocycles. The molecule has 0 aliphatic carbocycles. The van der Waals surface area contributed by atoms with Gasteiger partial charge in [-0.15, -0.1) is 0 Å². The highest BCUT2D eigenvalue weighted by Gasteiger charge is 2.17. The number of nitrogen functional groups attached to an aromatic ring is 1. The fourth-order valence-electron chi connectivity index (χ4n) is 1.77. The topological polar surface area (TPSA) is 83.8 Å². The molecule has 1 aromatic heterocycles. The fraction of sp³-hybridized carbons (Fsp3) is 0.231. The first-order valence-electron chi connectivity index (χ1n) is 6.12. The van der Waals surface area contributed by atoms with Gasteiger partial charge in [0.15, 0.2) is 5.69 Å². The maximum atomic E-state index is 12.2. The number of halogens is 2. The van der Waals surface area contributed by atoms with Crippen LogP contribution in [0.5, 0.6) is 0 Å². The lowest BCUT2D eigenvalue weighted by molar-refractivity contribution is 0.102. The molecule has 0 saturated carbocycles. The number of anilines is 2. The van der Waals surface area contributed by atoms with Crippen molar-refractivity contribution in [1.82, 2.24) is 10.2 Å². The van der Waals surface area contributed by atoms with Crippen molar-refractivity contribution >= 4 is 51.5 Å². The zero-order valence-corrected chi connectivity index (χ0v) is 13.7. The molecule has 1 heterocycles. The maximum absolute atomic E-state index is 12.2.